The number of nitrogens with one attached hydrogen (secondary N) is 2. The molecule has 2 N–H and O–H groups in total. The maximum atomic E-state index is 5.96. The van der Waals surface area contributed by atoms with Gasteiger partial charge in [0.1, 0.15) is 32.7 Å². The summed E-state index contributed by atoms with van der Waals surface area (Å²) in [7, 11) is 0. The zero-order valence-corrected chi connectivity index (χ0v) is 14.0. The molecule has 0 aromatic heterocycles. The lowest BCUT2D eigenvalue weighted by atomic mass is 9.86. The molecule has 0 bridgehead atoms. The lowest BCUT2D eigenvalue weighted by Crippen LogP contribution is -3.29. The summed E-state index contributed by atoms with van der Waals surface area (Å²) in [5, 5.41) is 0.842. The Hall–Kier alpha value is -0.570. The second kappa shape index (κ2) is 7.13. The first-order valence-electron chi connectivity index (χ1n) is 8.63. The number of halogens is 1. The molecule has 116 valence electrons. The predicted octanol–water partition coefficient (Wildman–Crippen LogP) is 1.20. The summed E-state index contributed by atoms with van der Waals surface area (Å²) < 4.78 is 0. The monoisotopic (exact) mass is 308 g/mol. The smallest absolute Gasteiger partial charge is 0.127 e. The Morgan fingerprint density at radius 3 is 2.43 bits per heavy atom. The van der Waals surface area contributed by atoms with Gasteiger partial charge < -0.3 is 9.80 Å². The standard InChI is InChI=1S/C18H27ClN2/c1-15-3-2-4-18(13-15)21-11-9-20(10-12-21)14-16-5-7-17(19)8-6-16/h5-8,15,18H,2-4,9-14H2,1H3/p+2/t15-,18+/m0/s1. The third-order valence-corrected chi connectivity index (χ3v) is 5.73. The van der Waals surface area contributed by atoms with Crippen molar-refractivity contribution in [2.75, 3.05) is 26.2 Å². The highest BCUT2D eigenvalue weighted by Gasteiger charge is 2.32. The minimum Gasteiger partial charge on any atom is -0.323 e. The third kappa shape index (κ3) is 4.21. The van der Waals surface area contributed by atoms with Gasteiger partial charge in [0, 0.05) is 17.0 Å². The molecule has 2 fully saturated rings. The molecule has 1 aromatic carbocycles. The average Bonchev–Trinajstić information content (AvgIpc) is 2.50. The number of hydrogen-bond donors (Lipinski definition) is 2. The van der Waals surface area contributed by atoms with E-state index in [9.17, 15) is 0 Å². The van der Waals surface area contributed by atoms with Crippen LogP contribution >= 0.6 is 11.6 Å². The van der Waals surface area contributed by atoms with Gasteiger partial charge in [-0.05, 0) is 30.9 Å². The minimum atomic E-state index is 0.842. The van der Waals surface area contributed by atoms with Crippen molar-refractivity contribution in [2.45, 2.75) is 45.2 Å². The first-order valence-corrected chi connectivity index (χ1v) is 9.01. The van der Waals surface area contributed by atoms with Crippen LogP contribution in [0, 0.1) is 5.92 Å². The lowest BCUT2D eigenvalue weighted by Gasteiger charge is -2.37. The zero-order chi connectivity index (χ0) is 14.7. The summed E-state index contributed by atoms with van der Waals surface area (Å²) in [5.41, 5.74) is 1.42. The average molecular weight is 309 g/mol. The van der Waals surface area contributed by atoms with E-state index in [-0.39, 0.29) is 0 Å². The van der Waals surface area contributed by atoms with Crippen molar-refractivity contribution in [3.05, 3.63) is 34.9 Å². The van der Waals surface area contributed by atoms with E-state index in [1.807, 2.05) is 17.0 Å². The van der Waals surface area contributed by atoms with Gasteiger partial charge in [0.2, 0.25) is 0 Å². The van der Waals surface area contributed by atoms with Crippen LogP contribution in [-0.2, 0) is 6.54 Å². The van der Waals surface area contributed by atoms with Crippen molar-refractivity contribution >= 4 is 11.6 Å². The van der Waals surface area contributed by atoms with Crippen LogP contribution in [0.1, 0.15) is 38.2 Å². The second-order valence-electron chi connectivity index (χ2n) is 7.18. The second-order valence-corrected chi connectivity index (χ2v) is 7.62. The van der Waals surface area contributed by atoms with Gasteiger partial charge in [0.15, 0.2) is 0 Å². The SMILES string of the molecule is C[C@H]1CCC[C@@H]([NH+]2CC[NH+](Cc3ccc(Cl)cc3)CC2)C1. The van der Waals surface area contributed by atoms with E-state index in [2.05, 4.69) is 19.1 Å². The fourth-order valence-corrected chi connectivity index (χ4v) is 4.33. The highest BCUT2D eigenvalue weighted by molar-refractivity contribution is 6.30. The molecular weight excluding hydrogens is 280 g/mol. The fourth-order valence-electron chi connectivity index (χ4n) is 4.21. The van der Waals surface area contributed by atoms with Crippen LogP contribution in [0.2, 0.25) is 5.02 Å². The Morgan fingerprint density at radius 2 is 1.76 bits per heavy atom. The van der Waals surface area contributed by atoms with Crippen LogP contribution in [0.25, 0.3) is 0 Å². The van der Waals surface area contributed by atoms with Gasteiger partial charge in [-0.25, -0.2) is 0 Å². The molecular formula is C18H29ClN2+2. The lowest BCUT2D eigenvalue weighted by molar-refractivity contribution is -1.03. The van der Waals surface area contributed by atoms with E-state index in [4.69, 9.17) is 11.6 Å². The molecule has 1 aliphatic heterocycles. The molecule has 1 heterocycles. The highest BCUT2D eigenvalue weighted by atomic mass is 35.5. The van der Waals surface area contributed by atoms with Gasteiger partial charge in [0.05, 0.1) is 6.04 Å². The molecule has 3 heteroatoms. The van der Waals surface area contributed by atoms with Gasteiger partial charge >= 0.3 is 0 Å². The summed E-state index contributed by atoms with van der Waals surface area (Å²) in [5.74, 6) is 0.954. The summed E-state index contributed by atoms with van der Waals surface area (Å²) in [4.78, 5) is 3.63. The summed E-state index contributed by atoms with van der Waals surface area (Å²) in [6.07, 6.45) is 5.84. The molecule has 0 amide bonds. The quantitative estimate of drug-likeness (QED) is 0.830. The van der Waals surface area contributed by atoms with Crippen molar-refractivity contribution in [2.24, 2.45) is 5.92 Å². The number of benzene rings is 1. The van der Waals surface area contributed by atoms with Crippen molar-refractivity contribution in [3.63, 3.8) is 0 Å². The Morgan fingerprint density at radius 1 is 1.05 bits per heavy atom. The van der Waals surface area contributed by atoms with Gasteiger partial charge in [-0.1, -0.05) is 37.1 Å². The van der Waals surface area contributed by atoms with Crippen molar-refractivity contribution < 1.29 is 9.80 Å². The van der Waals surface area contributed by atoms with Crippen molar-refractivity contribution in [1.29, 1.82) is 0 Å². The van der Waals surface area contributed by atoms with E-state index < -0.39 is 0 Å². The van der Waals surface area contributed by atoms with E-state index >= 15 is 0 Å². The Labute approximate surface area is 134 Å². The number of rotatable bonds is 3. The summed E-state index contributed by atoms with van der Waals surface area (Å²) in [6.45, 7) is 8.96. The van der Waals surface area contributed by atoms with Gasteiger partial charge in [-0.2, -0.15) is 0 Å². The molecule has 0 unspecified atom stereocenters. The molecule has 1 saturated carbocycles. The summed E-state index contributed by atoms with van der Waals surface area (Å²) in [6, 6.07) is 9.34. The van der Waals surface area contributed by atoms with E-state index in [1.165, 1.54) is 57.4 Å². The van der Waals surface area contributed by atoms with Crippen molar-refractivity contribution in [1.82, 2.24) is 0 Å². The molecule has 2 atom stereocenters. The van der Waals surface area contributed by atoms with Crippen LogP contribution in [0.4, 0.5) is 0 Å². The molecule has 2 nitrogen and oxygen atoms in total. The molecule has 1 aliphatic carbocycles. The van der Waals surface area contributed by atoms with Crippen LogP contribution in [0.15, 0.2) is 24.3 Å². The molecule has 0 spiro atoms. The number of quaternary nitrogens is 2. The molecule has 0 radical (unpaired) electrons. The van der Waals surface area contributed by atoms with Gasteiger partial charge in [0.25, 0.3) is 0 Å². The maximum absolute atomic E-state index is 5.96. The molecule has 2 aliphatic rings. The fraction of sp³-hybridized carbons (Fsp3) is 0.667. The predicted molar refractivity (Wildman–Crippen MR) is 88.0 cm³/mol. The largest absolute Gasteiger partial charge is 0.323 e. The molecule has 3 rings (SSSR count). The topological polar surface area (TPSA) is 8.88 Å². The van der Waals surface area contributed by atoms with Crippen LogP contribution < -0.4 is 9.80 Å². The van der Waals surface area contributed by atoms with E-state index in [0.717, 1.165) is 23.5 Å². The zero-order valence-electron chi connectivity index (χ0n) is 13.2. The molecule has 1 saturated heterocycles. The first kappa shape index (κ1) is 15.3. The third-order valence-electron chi connectivity index (χ3n) is 5.48. The molecule has 21 heavy (non-hydrogen) atoms. The molecule has 1 aromatic rings. The minimum absolute atomic E-state index is 0.842. The van der Waals surface area contributed by atoms with E-state index in [0.29, 0.717) is 0 Å². The van der Waals surface area contributed by atoms with Gasteiger partial charge in [-0.15, -0.1) is 0 Å². The van der Waals surface area contributed by atoms with Crippen LogP contribution in [0.5, 0.6) is 0 Å². The Kier molecular flexibility index (Phi) is 5.20. The van der Waals surface area contributed by atoms with Crippen molar-refractivity contribution in [3.8, 4) is 0 Å². The van der Waals surface area contributed by atoms with Crippen LogP contribution in [-0.4, -0.2) is 32.2 Å². The van der Waals surface area contributed by atoms with E-state index in [1.54, 1.807) is 4.90 Å². The first-order chi connectivity index (χ1) is 10.2. The summed E-state index contributed by atoms with van der Waals surface area (Å²) >= 11 is 5.96. The Balaban J connectivity index is 1.47. The number of piperazine rings is 1. The normalized spacial score (nSPS) is 33.8. The van der Waals surface area contributed by atoms with Gasteiger partial charge in [-0.3, -0.25) is 0 Å². The maximum Gasteiger partial charge on any atom is 0.127 e. The Bertz CT molecular complexity index is 437. The van der Waals surface area contributed by atoms with Crippen LogP contribution in [0.3, 0.4) is 0 Å². The highest BCUT2D eigenvalue weighted by Crippen LogP contribution is 2.21. The number of hydrogen-bond acceptors (Lipinski definition) is 0.